The summed E-state index contributed by atoms with van der Waals surface area (Å²) < 4.78 is 10.9. The van der Waals surface area contributed by atoms with E-state index in [1.807, 2.05) is 25.2 Å². The van der Waals surface area contributed by atoms with Gasteiger partial charge in [0, 0.05) is 17.4 Å². The number of hydrogen-bond acceptors (Lipinski definition) is 4. The third kappa shape index (κ3) is 5.61. The fraction of sp³-hybridized carbons (Fsp3) is 0.500. The Kier molecular flexibility index (Phi) is 6.87. The molecule has 0 amide bonds. The summed E-state index contributed by atoms with van der Waals surface area (Å²) >= 11 is 3.53. The molecule has 0 N–H and O–H groups in total. The van der Waals surface area contributed by atoms with Gasteiger partial charge in [0.1, 0.15) is 5.75 Å². The largest absolute Gasteiger partial charge is 0.497 e. The Morgan fingerprint density at radius 3 is 2.74 bits per heavy atom. The van der Waals surface area contributed by atoms with Crippen LogP contribution in [0.5, 0.6) is 5.75 Å². The summed E-state index contributed by atoms with van der Waals surface area (Å²) in [5.74, 6) is 0.692. The van der Waals surface area contributed by atoms with Crippen molar-refractivity contribution in [1.29, 1.82) is 0 Å². The highest BCUT2D eigenvalue weighted by Crippen LogP contribution is 2.23. The Bertz CT molecular complexity index is 423. The predicted octanol–water partition coefficient (Wildman–Crippen LogP) is 2.84. The zero-order chi connectivity index (χ0) is 14.3. The van der Waals surface area contributed by atoms with Gasteiger partial charge in [-0.2, -0.15) is 0 Å². The molecule has 106 valence electrons. The first-order valence-electron chi connectivity index (χ1n) is 6.14. The summed E-state index contributed by atoms with van der Waals surface area (Å²) in [5, 5.41) is 0. The fourth-order valence-electron chi connectivity index (χ4n) is 1.76. The van der Waals surface area contributed by atoms with Crippen LogP contribution in [0.25, 0.3) is 0 Å². The van der Waals surface area contributed by atoms with Gasteiger partial charge in [0.25, 0.3) is 0 Å². The highest BCUT2D eigenvalue weighted by molar-refractivity contribution is 9.10. The standard InChI is InChI=1S/C14H20BrNO3/c1-16(8-4-5-14(17)19-3)10-11-9-12(18-2)6-7-13(11)15/h6-7,9H,4-5,8,10H2,1-3H3. The molecule has 0 atom stereocenters. The molecule has 1 aromatic rings. The van der Waals surface area contributed by atoms with Crippen LogP contribution in [0.1, 0.15) is 18.4 Å². The minimum absolute atomic E-state index is 0.157. The minimum atomic E-state index is -0.157. The second kappa shape index (κ2) is 8.17. The van der Waals surface area contributed by atoms with Crippen LogP contribution in [-0.2, 0) is 16.1 Å². The number of benzene rings is 1. The monoisotopic (exact) mass is 329 g/mol. The van der Waals surface area contributed by atoms with Crippen LogP contribution in [0.4, 0.5) is 0 Å². The Hall–Kier alpha value is -1.07. The van der Waals surface area contributed by atoms with Crippen molar-refractivity contribution in [3.8, 4) is 5.75 Å². The number of nitrogens with zero attached hydrogens (tertiary/aromatic N) is 1. The first-order chi connectivity index (χ1) is 9.06. The summed E-state index contributed by atoms with van der Waals surface area (Å²) in [5.41, 5.74) is 1.17. The van der Waals surface area contributed by atoms with Crippen molar-refractivity contribution >= 4 is 21.9 Å². The predicted molar refractivity (Wildman–Crippen MR) is 78.3 cm³/mol. The van der Waals surface area contributed by atoms with Crippen LogP contribution in [0.15, 0.2) is 22.7 Å². The van der Waals surface area contributed by atoms with E-state index in [-0.39, 0.29) is 5.97 Å². The maximum absolute atomic E-state index is 11.0. The Morgan fingerprint density at radius 2 is 2.11 bits per heavy atom. The zero-order valence-corrected chi connectivity index (χ0v) is 13.2. The van der Waals surface area contributed by atoms with Crippen molar-refractivity contribution in [2.45, 2.75) is 19.4 Å². The van der Waals surface area contributed by atoms with Gasteiger partial charge < -0.3 is 14.4 Å². The van der Waals surface area contributed by atoms with Crippen LogP contribution in [0.3, 0.4) is 0 Å². The lowest BCUT2D eigenvalue weighted by Gasteiger charge is -2.17. The maximum Gasteiger partial charge on any atom is 0.305 e. The SMILES string of the molecule is COC(=O)CCCN(C)Cc1cc(OC)ccc1Br. The molecule has 4 nitrogen and oxygen atoms in total. The second-order valence-electron chi connectivity index (χ2n) is 4.37. The second-order valence-corrected chi connectivity index (χ2v) is 5.23. The van der Waals surface area contributed by atoms with Gasteiger partial charge in [0.05, 0.1) is 14.2 Å². The molecule has 0 saturated heterocycles. The molecule has 0 heterocycles. The number of ether oxygens (including phenoxy) is 2. The molecule has 0 saturated carbocycles. The molecule has 5 heteroatoms. The summed E-state index contributed by atoms with van der Waals surface area (Å²) in [4.78, 5) is 13.2. The van der Waals surface area contributed by atoms with Gasteiger partial charge in [-0.25, -0.2) is 0 Å². The average Bonchev–Trinajstić information content (AvgIpc) is 2.41. The van der Waals surface area contributed by atoms with E-state index in [2.05, 4.69) is 25.6 Å². The number of hydrogen-bond donors (Lipinski definition) is 0. The lowest BCUT2D eigenvalue weighted by Crippen LogP contribution is -2.20. The van der Waals surface area contributed by atoms with Crippen molar-refractivity contribution in [2.75, 3.05) is 27.8 Å². The van der Waals surface area contributed by atoms with Crippen molar-refractivity contribution in [1.82, 2.24) is 4.90 Å². The van der Waals surface area contributed by atoms with Crippen LogP contribution in [0.2, 0.25) is 0 Å². The number of carbonyl (C=O) groups is 1. The van der Waals surface area contributed by atoms with Gasteiger partial charge in [0.2, 0.25) is 0 Å². The topological polar surface area (TPSA) is 38.8 Å². The van der Waals surface area contributed by atoms with Crippen LogP contribution in [-0.4, -0.2) is 38.7 Å². The molecule has 0 unspecified atom stereocenters. The lowest BCUT2D eigenvalue weighted by atomic mass is 10.2. The van der Waals surface area contributed by atoms with Crippen LogP contribution in [0, 0.1) is 0 Å². The summed E-state index contributed by atoms with van der Waals surface area (Å²) in [6.07, 6.45) is 1.25. The van der Waals surface area contributed by atoms with Gasteiger partial charge in [-0.15, -0.1) is 0 Å². The summed E-state index contributed by atoms with van der Waals surface area (Å²) in [7, 11) is 5.11. The minimum Gasteiger partial charge on any atom is -0.497 e. The van der Waals surface area contributed by atoms with E-state index in [0.717, 1.165) is 29.7 Å². The summed E-state index contributed by atoms with van der Waals surface area (Å²) in [6, 6.07) is 5.92. The van der Waals surface area contributed by atoms with Crippen molar-refractivity contribution in [3.63, 3.8) is 0 Å². The number of methoxy groups -OCH3 is 2. The van der Waals surface area contributed by atoms with Gasteiger partial charge >= 0.3 is 5.97 Å². The molecule has 0 bridgehead atoms. The Labute approximate surface area is 122 Å². The molecule has 0 aromatic heterocycles. The number of esters is 1. The van der Waals surface area contributed by atoms with Crippen molar-refractivity contribution in [3.05, 3.63) is 28.2 Å². The quantitative estimate of drug-likeness (QED) is 0.721. The molecule has 0 aliphatic rings. The van der Waals surface area contributed by atoms with Gasteiger partial charge in [-0.1, -0.05) is 15.9 Å². The zero-order valence-electron chi connectivity index (χ0n) is 11.6. The molecule has 0 radical (unpaired) electrons. The molecule has 1 aromatic carbocycles. The molecule has 19 heavy (non-hydrogen) atoms. The van der Waals surface area contributed by atoms with E-state index in [9.17, 15) is 4.79 Å². The van der Waals surface area contributed by atoms with E-state index in [1.54, 1.807) is 7.11 Å². The highest BCUT2D eigenvalue weighted by Gasteiger charge is 2.07. The molecular weight excluding hydrogens is 310 g/mol. The normalized spacial score (nSPS) is 10.6. The Balaban J connectivity index is 2.47. The molecule has 0 spiro atoms. The number of carbonyl (C=O) groups excluding carboxylic acids is 1. The third-order valence-electron chi connectivity index (χ3n) is 2.84. The highest BCUT2D eigenvalue weighted by atomic mass is 79.9. The van der Waals surface area contributed by atoms with Gasteiger partial charge in [-0.05, 0) is 43.8 Å². The number of rotatable bonds is 7. The molecule has 0 aliphatic heterocycles. The number of halogens is 1. The maximum atomic E-state index is 11.0. The van der Waals surface area contributed by atoms with E-state index in [0.29, 0.717) is 6.42 Å². The van der Waals surface area contributed by atoms with Crippen molar-refractivity contribution < 1.29 is 14.3 Å². The van der Waals surface area contributed by atoms with Crippen LogP contribution < -0.4 is 4.74 Å². The van der Waals surface area contributed by atoms with Crippen LogP contribution >= 0.6 is 15.9 Å². The molecule has 0 aliphatic carbocycles. The van der Waals surface area contributed by atoms with Crippen molar-refractivity contribution in [2.24, 2.45) is 0 Å². The molecule has 1 rings (SSSR count). The summed E-state index contributed by atoms with van der Waals surface area (Å²) in [6.45, 7) is 1.65. The first kappa shape index (κ1) is 16.0. The van der Waals surface area contributed by atoms with E-state index in [4.69, 9.17) is 4.74 Å². The Morgan fingerprint density at radius 1 is 1.37 bits per heavy atom. The fourth-order valence-corrected chi connectivity index (χ4v) is 2.14. The van der Waals surface area contributed by atoms with E-state index >= 15 is 0 Å². The first-order valence-corrected chi connectivity index (χ1v) is 6.94. The van der Waals surface area contributed by atoms with E-state index in [1.165, 1.54) is 12.7 Å². The lowest BCUT2D eigenvalue weighted by molar-refractivity contribution is -0.140. The smallest absolute Gasteiger partial charge is 0.305 e. The molecular formula is C14H20BrNO3. The molecule has 0 fully saturated rings. The van der Waals surface area contributed by atoms with E-state index < -0.39 is 0 Å². The average molecular weight is 330 g/mol. The van der Waals surface area contributed by atoms with Gasteiger partial charge in [-0.3, -0.25) is 4.79 Å². The van der Waals surface area contributed by atoms with Gasteiger partial charge in [0.15, 0.2) is 0 Å². The third-order valence-corrected chi connectivity index (χ3v) is 3.62.